The quantitative estimate of drug-likeness (QED) is 0.650. The van der Waals surface area contributed by atoms with Gasteiger partial charge < -0.3 is 21.8 Å². The van der Waals surface area contributed by atoms with Crippen LogP contribution in [0, 0.1) is 0 Å². The first-order valence-corrected chi connectivity index (χ1v) is 6.22. The van der Waals surface area contributed by atoms with E-state index in [1.54, 1.807) is 0 Å². The Kier molecular flexibility index (Phi) is 2.72. The molecule has 0 amide bonds. The highest BCUT2D eigenvalue weighted by atomic mass is 15.2. The lowest BCUT2D eigenvalue weighted by atomic mass is 10.2. The van der Waals surface area contributed by atoms with Gasteiger partial charge in [0.05, 0.1) is 11.0 Å². The highest BCUT2D eigenvalue weighted by molar-refractivity contribution is 6.07. The molecule has 0 atom stereocenters. The van der Waals surface area contributed by atoms with Gasteiger partial charge in [0.1, 0.15) is 5.52 Å². The van der Waals surface area contributed by atoms with Crippen molar-refractivity contribution in [2.45, 2.75) is 13.0 Å². The molecule has 0 bridgehead atoms. The lowest BCUT2D eigenvalue weighted by Gasteiger charge is -2.07. The minimum absolute atomic E-state index is 0.409. The Balaban J connectivity index is 2.39. The number of nitrogens with zero attached hydrogens (tertiary/aromatic N) is 3. The van der Waals surface area contributed by atoms with Gasteiger partial charge in [-0.3, -0.25) is 0 Å². The van der Waals surface area contributed by atoms with Gasteiger partial charge in [0, 0.05) is 11.9 Å². The summed E-state index contributed by atoms with van der Waals surface area (Å²) in [5.41, 5.74) is 20.0. The van der Waals surface area contributed by atoms with Crippen LogP contribution in [0.4, 0.5) is 11.8 Å². The summed E-state index contributed by atoms with van der Waals surface area (Å²) in [6.45, 7) is 1.34. The molecule has 0 saturated carbocycles. The molecule has 0 aliphatic heterocycles. The number of hydrogen-bond donors (Lipinski definition) is 3. The van der Waals surface area contributed by atoms with Gasteiger partial charge in [0.15, 0.2) is 5.82 Å². The molecule has 6 heteroatoms. The van der Waals surface area contributed by atoms with Gasteiger partial charge in [-0.2, -0.15) is 0 Å². The van der Waals surface area contributed by atoms with Crippen LogP contribution in [0.15, 0.2) is 24.3 Å². The number of pyridine rings is 1. The molecule has 1 aromatic carbocycles. The highest BCUT2D eigenvalue weighted by Crippen LogP contribution is 2.29. The van der Waals surface area contributed by atoms with Gasteiger partial charge in [0.2, 0.25) is 5.95 Å². The monoisotopic (exact) mass is 256 g/mol. The smallest absolute Gasteiger partial charge is 0.201 e. The van der Waals surface area contributed by atoms with Crippen LogP contribution in [0.2, 0.25) is 0 Å². The van der Waals surface area contributed by atoms with Gasteiger partial charge in [-0.25, -0.2) is 9.97 Å². The number of imidazole rings is 1. The maximum Gasteiger partial charge on any atom is 0.201 e. The number of aromatic nitrogens is 3. The number of fused-ring (bicyclic) bond motifs is 3. The van der Waals surface area contributed by atoms with Crippen LogP contribution in [0.25, 0.3) is 21.9 Å². The Morgan fingerprint density at radius 3 is 2.68 bits per heavy atom. The first-order valence-electron chi connectivity index (χ1n) is 6.22. The Morgan fingerprint density at radius 1 is 1.11 bits per heavy atom. The summed E-state index contributed by atoms with van der Waals surface area (Å²) in [5.74, 6) is 0.861. The minimum Gasteiger partial charge on any atom is -0.382 e. The Morgan fingerprint density at radius 2 is 1.89 bits per heavy atom. The summed E-state index contributed by atoms with van der Waals surface area (Å²) in [6.07, 6.45) is 0.839. The Labute approximate surface area is 110 Å². The molecule has 98 valence electrons. The van der Waals surface area contributed by atoms with E-state index in [9.17, 15) is 0 Å². The lowest BCUT2D eigenvalue weighted by Crippen LogP contribution is -2.08. The van der Waals surface area contributed by atoms with E-state index in [0.29, 0.717) is 23.8 Å². The van der Waals surface area contributed by atoms with Crippen LogP contribution in [0.5, 0.6) is 0 Å². The normalized spacial score (nSPS) is 11.4. The van der Waals surface area contributed by atoms with Crippen molar-refractivity contribution < 1.29 is 0 Å². The molecule has 6 nitrogen and oxygen atoms in total. The molecule has 0 saturated heterocycles. The summed E-state index contributed by atoms with van der Waals surface area (Å²) >= 11 is 0. The molecule has 0 fully saturated rings. The van der Waals surface area contributed by atoms with Gasteiger partial charge in [-0.1, -0.05) is 18.2 Å². The third kappa shape index (κ3) is 1.77. The zero-order valence-corrected chi connectivity index (χ0v) is 10.5. The minimum atomic E-state index is 0.409. The van der Waals surface area contributed by atoms with Crippen LogP contribution in [0.1, 0.15) is 6.42 Å². The van der Waals surface area contributed by atoms with E-state index >= 15 is 0 Å². The molecule has 2 heterocycles. The summed E-state index contributed by atoms with van der Waals surface area (Å²) < 4.78 is 1.96. The standard InChI is InChI=1S/C13H16N6/c14-6-3-7-19-11-8-4-1-2-5-9(8)17-12(15)10(11)18-13(19)16/h1-2,4-5H,3,6-7,14H2,(H2,15,17)(H2,16,18). The first kappa shape index (κ1) is 11.7. The van der Waals surface area contributed by atoms with E-state index in [0.717, 1.165) is 29.4 Å². The average molecular weight is 256 g/mol. The van der Waals surface area contributed by atoms with Gasteiger partial charge in [0.25, 0.3) is 0 Å². The summed E-state index contributed by atoms with van der Waals surface area (Å²) in [6, 6.07) is 7.84. The fraction of sp³-hybridized carbons (Fsp3) is 0.231. The van der Waals surface area contributed by atoms with Crippen molar-refractivity contribution >= 4 is 33.7 Å². The maximum atomic E-state index is 5.98. The van der Waals surface area contributed by atoms with Crippen LogP contribution in [0.3, 0.4) is 0 Å². The number of nitrogen functional groups attached to an aromatic ring is 2. The summed E-state index contributed by atoms with van der Waals surface area (Å²) in [5, 5.41) is 1.01. The number of rotatable bonds is 3. The lowest BCUT2D eigenvalue weighted by molar-refractivity contribution is 0.675. The zero-order chi connectivity index (χ0) is 13.4. The van der Waals surface area contributed by atoms with E-state index in [-0.39, 0.29) is 0 Å². The largest absolute Gasteiger partial charge is 0.382 e. The molecular weight excluding hydrogens is 240 g/mol. The molecule has 6 N–H and O–H groups in total. The molecular formula is C13H16N6. The van der Waals surface area contributed by atoms with Crippen LogP contribution < -0.4 is 17.2 Å². The number of hydrogen-bond acceptors (Lipinski definition) is 5. The Hall–Kier alpha value is -2.34. The third-order valence-electron chi connectivity index (χ3n) is 3.23. The van der Waals surface area contributed by atoms with E-state index in [1.807, 2.05) is 28.8 Å². The van der Waals surface area contributed by atoms with Crippen molar-refractivity contribution in [3.05, 3.63) is 24.3 Å². The van der Waals surface area contributed by atoms with E-state index in [1.165, 1.54) is 0 Å². The van der Waals surface area contributed by atoms with Crippen LogP contribution in [-0.2, 0) is 6.54 Å². The number of anilines is 2. The molecule has 2 aromatic heterocycles. The van der Waals surface area contributed by atoms with Crippen molar-refractivity contribution in [3.63, 3.8) is 0 Å². The topological polar surface area (TPSA) is 109 Å². The maximum absolute atomic E-state index is 5.98. The summed E-state index contributed by atoms with van der Waals surface area (Å²) in [7, 11) is 0. The molecule has 0 aliphatic rings. The first-order chi connectivity index (χ1) is 9.22. The van der Waals surface area contributed by atoms with Crippen LogP contribution >= 0.6 is 0 Å². The highest BCUT2D eigenvalue weighted by Gasteiger charge is 2.14. The van der Waals surface area contributed by atoms with Crippen molar-refractivity contribution in [3.8, 4) is 0 Å². The fourth-order valence-corrected chi connectivity index (χ4v) is 2.35. The summed E-state index contributed by atoms with van der Waals surface area (Å²) in [4.78, 5) is 8.69. The second-order valence-corrected chi connectivity index (χ2v) is 4.48. The van der Waals surface area contributed by atoms with E-state index in [4.69, 9.17) is 17.2 Å². The van der Waals surface area contributed by atoms with E-state index < -0.39 is 0 Å². The molecule has 0 unspecified atom stereocenters. The SMILES string of the molecule is NCCCn1c(N)nc2c(N)nc3ccccc3c21. The predicted octanol–water partition coefficient (Wildman–Crippen LogP) is 1.10. The van der Waals surface area contributed by atoms with Gasteiger partial charge in [-0.05, 0) is 19.0 Å². The number of benzene rings is 1. The second kappa shape index (κ2) is 4.40. The van der Waals surface area contributed by atoms with Crippen molar-refractivity contribution in [1.82, 2.24) is 14.5 Å². The third-order valence-corrected chi connectivity index (χ3v) is 3.23. The zero-order valence-electron chi connectivity index (χ0n) is 10.5. The van der Waals surface area contributed by atoms with E-state index in [2.05, 4.69) is 9.97 Å². The van der Waals surface area contributed by atoms with Crippen molar-refractivity contribution in [2.24, 2.45) is 5.73 Å². The fourth-order valence-electron chi connectivity index (χ4n) is 2.35. The molecule has 0 radical (unpaired) electrons. The number of para-hydroxylation sites is 1. The number of nitrogens with two attached hydrogens (primary N) is 3. The second-order valence-electron chi connectivity index (χ2n) is 4.48. The molecule has 19 heavy (non-hydrogen) atoms. The predicted molar refractivity (Wildman–Crippen MR) is 77.5 cm³/mol. The molecule has 0 aliphatic carbocycles. The van der Waals surface area contributed by atoms with Crippen LogP contribution in [-0.4, -0.2) is 21.1 Å². The van der Waals surface area contributed by atoms with Gasteiger partial charge >= 0.3 is 0 Å². The van der Waals surface area contributed by atoms with Crippen molar-refractivity contribution in [1.29, 1.82) is 0 Å². The van der Waals surface area contributed by atoms with Crippen molar-refractivity contribution in [2.75, 3.05) is 18.0 Å². The molecule has 3 aromatic rings. The average Bonchev–Trinajstić information content (AvgIpc) is 2.74. The Bertz CT molecular complexity index is 746. The molecule has 0 spiro atoms. The van der Waals surface area contributed by atoms with Gasteiger partial charge in [-0.15, -0.1) is 0 Å². The number of aryl methyl sites for hydroxylation is 1. The molecule has 3 rings (SSSR count).